The van der Waals surface area contributed by atoms with Gasteiger partial charge in [-0.05, 0) is 128 Å². The minimum atomic E-state index is -1.23. The van der Waals surface area contributed by atoms with Crippen molar-refractivity contribution in [1.82, 2.24) is 0 Å². The van der Waals surface area contributed by atoms with Gasteiger partial charge in [0.15, 0.2) is 0 Å². The maximum Gasteiger partial charge on any atom is 0.0713 e. The summed E-state index contributed by atoms with van der Waals surface area (Å²) in [6.45, 7) is 0. The van der Waals surface area contributed by atoms with Crippen LogP contribution in [-0.4, -0.2) is 12.5 Å². The molecule has 59 heavy (non-hydrogen) atoms. The molecule has 0 saturated heterocycles. The van der Waals surface area contributed by atoms with Crippen LogP contribution < -0.4 is 4.90 Å². The fourth-order valence-electron chi connectivity index (χ4n) is 9.90. The molecule has 0 spiro atoms. The van der Waals surface area contributed by atoms with Crippen LogP contribution in [0.5, 0.6) is 0 Å². The standard InChI is InChI=1S/C57H43NS/c1-59(2)55-29-17-14-26-51(55)52-35-34-47(39-56(52)59)58(48-37-42(40-18-6-3-7-19-40)36-43(38-48)41-20-8-4-9-21-41)46-32-30-45(31-33-46)57(44-22-10-5-11-23-44)53-27-15-12-24-49(53)50-25-13-16-28-54(50)57/h3-39H,1-2H3. The maximum absolute atomic E-state index is 2.48. The van der Waals surface area contributed by atoms with Gasteiger partial charge in [0.2, 0.25) is 0 Å². The van der Waals surface area contributed by atoms with E-state index in [1.165, 1.54) is 76.6 Å². The molecule has 9 aromatic rings. The van der Waals surface area contributed by atoms with E-state index < -0.39 is 15.4 Å². The first-order chi connectivity index (χ1) is 29.0. The lowest BCUT2D eigenvalue weighted by Crippen LogP contribution is -2.28. The van der Waals surface area contributed by atoms with E-state index in [0.29, 0.717) is 0 Å². The van der Waals surface area contributed by atoms with Crippen molar-refractivity contribution < 1.29 is 0 Å². The van der Waals surface area contributed by atoms with Crippen LogP contribution in [0.15, 0.2) is 234 Å². The molecule has 11 rings (SSSR count). The Balaban J connectivity index is 1.14. The Hall–Kier alpha value is -6.87. The van der Waals surface area contributed by atoms with E-state index in [0.717, 1.165) is 17.1 Å². The monoisotopic (exact) mass is 773 g/mol. The van der Waals surface area contributed by atoms with Gasteiger partial charge in [-0.3, -0.25) is 0 Å². The van der Waals surface area contributed by atoms with Crippen molar-refractivity contribution in [2.45, 2.75) is 15.2 Å². The lowest BCUT2D eigenvalue weighted by Gasteiger charge is -2.35. The Morgan fingerprint density at radius 2 is 0.780 bits per heavy atom. The first kappa shape index (κ1) is 35.3. The predicted octanol–water partition coefficient (Wildman–Crippen LogP) is 15.3. The molecular weight excluding hydrogens is 731 g/mol. The quantitative estimate of drug-likeness (QED) is 0.156. The number of rotatable bonds is 7. The number of hydrogen-bond donors (Lipinski definition) is 0. The Labute approximate surface area is 349 Å². The largest absolute Gasteiger partial charge is 0.310 e. The maximum atomic E-state index is 2.48. The highest BCUT2D eigenvalue weighted by atomic mass is 32.3. The van der Waals surface area contributed by atoms with Gasteiger partial charge in [-0.1, -0.05) is 176 Å². The zero-order valence-electron chi connectivity index (χ0n) is 33.2. The van der Waals surface area contributed by atoms with Crippen molar-refractivity contribution in [3.05, 3.63) is 247 Å². The van der Waals surface area contributed by atoms with Crippen molar-refractivity contribution in [3.63, 3.8) is 0 Å². The van der Waals surface area contributed by atoms with Crippen molar-refractivity contribution in [2.24, 2.45) is 0 Å². The topological polar surface area (TPSA) is 3.24 Å². The molecule has 1 aliphatic carbocycles. The number of fused-ring (bicyclic) bond motifs is 6. The zero-order chi connectivity index (χ0) is 39.6. The Morgan fingerprint density at radius 3 is 1.37 bits per heavy atom. The van der Waals surface area contributed by atoms with Gasteiger partial charge in [0.25, 0.3) is 0 Å². The van der Waals surface area contributed by atoms with Gasteiger partial charge < -0.3 is 4.90 Å². The van der Waals surface area contributed by atoms with Crippen LogP contribution in [0.3, 0.4) is 0 Å². The van der Waals surface area contributed by atoms with Crippen molar-refractivity contribution >= 4 is 27.1 Å². The summed E-state index contributed by atoms with van der Waals surface area (Å²) >= 11 is 0. The van der Waals surface area contributed by atoms with Gasteiger partial charge in [-0.15, -0.1) is 0 Å². The molecule has 0 aromatic heterocycles. The Bertz CT molecular complexity index is 2900. The van der Waals surface area contributed by atoms with Crippen LogP contribution in [0, 0.1) is 0 Å². The fourth-order valence-corrected chi connectivity index (χ4v) is 12.4. The van der Waals surface area contributed by atoms with Crippen LogP contribution in [0.2, 0.25) is 0 Å². The molecule has 0 bridgehead atoms. The van der Waals surface area contributed by atoms with Crippen LogP contribution >= 0.6 is 10.0 Å². The van der Waals surface area contributed by atoms with Gasteiger partial charge in [-0.25, -0.2) is 0 Å². The normalized spacial score (nSPS) is 14.4. The molecule has 9 aromatic carbocycles. The minimum Gasteiger partial charge on any atom is -0.310 e. The number of benzene rings is 9. The third-order valence-electron chi connectivity index (χ3n) is 12.6. The van der Waals surface area contributed by atoms with Gasteiger partial charge in [-0.2, -0.15) is 10.0 Å². The first-order valence-corrected chi connectivity index (χ1v) is 22.9. The van der Waals surface area contributed by atoms with Crippen molar-refractivity contribution in [2.75, 3.05) is 17.4 Å². The third kappa shape index (κ3) is 5.55. The van der Waals surface area contributed by atoms with E-state index in [-0.39, 0.29) is 0 Å². The van der Waals surface area contributed by atoms with E-state index in [1.54, 1.807) is 0 Å². The number of anilines is 3. The summed E-state index contributed by atoms with van der Waals surface area (Å²) in [6, 6.07) is 83.3. The number of nitrogens with zero attached hydrogens (tertiary/aromatic N) is 1. The Kier molecular flexibility index (Phi) is 8.32. The summed E-state index contributed by atoms with van der Waals surface area (Å²) in [4.78, 5) is 5.37. The van der Waals surface area contributed by atoms with Gasteiger partial charge in [0.1, 0.15) is 0 Å². The summed E-state index contributed by atoms with van der Waals surface area (Å²) in [5.74, 6) is 0. The van der Waals surface area contributed by atoms with E-state index in [1.807, 2.05) is 0 Å². The van der Waals surface area contributed by atoms with Crippen molar-refractivity contribution in [1.29, 1.82) is 0 Å². The summed E-state index contributed by atoms with van der Waals surface area (Å²) in [7, 11) is -1.23. The molecule has 1 nitrogen and oxygen atoms in total. The highest BCUT2D eigenvalue weighted by Crippen LogP contribution is 2.68. The molecular formula is C57H43NS. The third-order valence-corrected chi connectivity index (χ3v) is 15.5. The van der Waals surface area contributed by atoms with Gasteiger partial charge in [0, 0.05) is 26.9 Å². The molecule has 2 aliphatic rings. The molecule has 0 atom stereocenters. The smallest absolute Gasteiger partial charge is 0.0713 e. The average Bonchev–Trinajstić information content (AvgIpc) is 3.73. The average molecular weight is 774 g/mol. The zero-order valence-corrected chi connectivity index (χ0v) is 34.0. The summed E-state index contributed by atoms with van der Waals surface area (Å²) in [6.07, 6.45) is 4.90. The van der Waals surface area contributed by atoms with Crippen molar-refractivity contribution in [3.8, 4) is 44.5 Å². The summed E-state index contributed by atoms with van der Waals surface area (Å²) < 4.78 is 0. The molecule has 0 saturated carbocycles. The predicted molar refractivity (Wildman–Crippen MR) is 251 cm³/mol. The molecule has 1 aliphatic heterocycles. The van der Waals surface area contributed by atoms with Gasteiger partial charge >= 0.3 is 0 Å². The molecule has 0 N–H and O–H groups in total. The van der Waals surface area contributed by atoms with Gasteiger partial charge in [0.05, 0.1) is 5.41 Å². The lowest BCUT2D eigenvalue weighted by molar-refractivity contribution is 0.768. The highest BCUT2D eigenvalue weighted by molar-refractivity contribution is 8.33. The SMILES string of the molecule is CS1(C)c2ccccc2-c2ccc(N(c3ccc(C4(c5ccccc5)c5ccccc5-c5ccccc54)cc3)c3cc(-c4ccccc4)cc(-c4ccccc4)c3)cc21. The molecule has 2 heteroatoms. The number of hydrogen-bond acceptors (Lipinski definition) is 1. The molecule has 0 amide bonds. The second-order valence-corrected chi connectivity index (χ2v) is 19.6. The summed E-state index contributed by atoms with van der Waals surface area (Å²) in [5.41, 5.74) is 18.2. The van der Waals surface area contributed by atoms with Crippen LogP contribution in [0.1, 0.15) is 22.3 Å². The van der Waals surface area contributed by atoms with Crippen LogP contribution in [0.4, 0.5) is 17.1 Å². The fraction of sp³-hybridized carbons (Fsp3) is 0.0526. The minimum absolute atomic E-state index is 0.460. The van der Waals surface area contributed by atoms with E-state index >= 15 is 0 Å². The molecule has 0 unspecified atom stereocenters. The van der Waals surface area contributed by atoms with E-state index in [9.17, 15) is 0 Å². The lowest BCUT2D eigenvalue weighted by atomic mass is 9.68. The molecule has 282 valence electrons. The van der Waals surface area contributed by atoms with Crippen LogP contribution in [-0.2, 0) is 5.41 Å². The summed E-state index contributed by atoms with van der Waals surface area (Å²) in [5, 5.41) is 0. The molecule has 0 fully saturated rings. The first-order valence-electron chi connectivity index (χ1n) is 20.4. The van der Waals surface area contributed by atoms with Crippen LogP contribution in [0.25, 0.3) is 44.5 Å². The van der Waals surface area contributed by atoms with E-state index in [4.69, 9.17) is 0 Å². The molecule has 0 radical (unpaired) electrons. The highest BCUT2D eigenvalue weighted by Gasteiger charge is 2.46. The second-order valence-electron chi connectivity index (χ2n) is 16.1. The van der Waals surface area contributed by atoms with E-state index in [2.05, 4.69) is 242 Å². The Morgan fingerprint density at radius 1 is 0.322 bits per heavy atom. The second kappa shape index (κ2) is 13.9. The molecule has 1 heterocycles.